The summed E-state index contributed by atoms with van der Waals surface area (Å²) in [4.78, 5) is 4.20. The lowest BCUT2D eigenvalue weighted by molar-refractivity contribution is 0.381. The minimum atomic E-state index is 0.582. The first-order valence-corrected chi connectivity index (χ1v) is 6.88. The number of ether oxygens (including phenoxy) is 1. The number of halogens is 1. The van der Waals surface area contributed by atoms with Crippen LogP contribution < -0.4 is 4.74 Å². The molecule has 0 bridgehead atoms. The molecule has 0 unspecified atom stereocenters. The quantitative estimate of drug-likeness (QED) is 0.716. The Labute approximate surface area is 127 Å². The van der Waals surface area contributed by atoms with Gasteiger partial charge in [-0.1, -0.05) is 28.9 Å². The van der Waals surface area contributed by atoms with Crippen molar-refractivity contribution in [2.45, 2.75) is 13.3 Å². The van der Waals surface area contributed by atoms with Crippen molar-refractivity contribution < 1.29 is 9.26 Å². The zero-order valence-corrected chi connectivity index (χ0v) is 12.2. The lowest BCUT2D eigenvalue weighted by Gasteiger charge is -2.07. The number of rotatable bonds is 4. The molecule has 0 saturated carbocycles. The van der Waals surface area contributed by atoms with Gasteiger partial charge >= 0.3 is 0 Å². The Bertz CT molecular complexity index is 738. The van der Waals surface area contributed by atoms with Crippen molar-refractivity contribution in [3.8, 4) is 11.5 Å². The molecule has 1 aromatic heterocycles. The van der Waals surface area contributed by atoms with Gasteiger partial charge in [-0.05, 0) is 48.9 Å². The van der Waals surface area contributed by atoms with E-state index in [0.717, 1.165) is 17.1 Å². The summed E-state index contributed by atoms with van der Waals surface area (Å²) >= 11 is 5.85. The SMILES string of the molecule is Cc1noc(Cc2cccc(Oc3ccc(Cl)cc3)c2)n1. The minimum absolute atomic E-state index is 0.582. The van der Waals surface area contributed by atoms with Crippen molar-refractivity contribution in [2.24, 2.45) is 0 Å². The molecule has 0 saturated heterocycles. The zero-order chi connectivity index (χ0) is 14.7. The van der Waals surface area contributed by atoms with Crippen LogP contribution in [-0.2, 0) is 6.42 Å². The monoisotopic (exact) mass is 300 g/mol. The Morgan fingerprint density at radius 3 is 2.62 bits per heavy atom. The van der Waals surface area contributed by atoms with E-state index >= 15 is 0 Å². The molecular formula is C16H13ClN2O2. The maximum Gasteiger partial charge on any atom is 0.231 e. The summed E-state index contributed by atoms with van der Waals surface area (Å²) in [5.74, 6) is 2.73. The summed E-state index contributed by atoms with van der Waals surface area (Å²) in [7, 11) is 0. The van der Waals surface area contributed by atoms with E-state index in [9.17, 15) is 0 Å². The second-order valence-electron chi connectivity index (χ2n) is 4.62. The molecule has 0 N–H and O–H groups in total. The zero-order valence-electron chi connectivity index (χ0n) is 11.4. The normalized spacial score (nSPS) is 10.6. The van der Waals surface area contributed by atoms with Gasteiger partial charge in [-0.3, -0.25) is 0 Å². The van der Waals surface area contributed by atoms with Gasteiger partial charge in [0.2, 0.25) is 5.89 Å². The highest BCUT2D eigenvalue weighted by atomic mass is 35.5. The second-order valence-corrected chi connectivity index (χ2v) is 5.05. The van der Waals surface area contributed by atoms with Crippen LogP contribution >= 0.6 is 11.6 Å². The third-order valence-corrected chi connectivity index (χ3v) is 3.12. The van der Waals surface area contributed by atoms with Crippen molar-refractivity contribution in [2.75, 3.05) is 0 Å². The fourth-order valence-electron chi connectivity index (χ4n) is 1.94. The molecule has 5 heteroatoms. The maximum atomic E-state index is 5.85. The van der Waals surface area contributed by atoms with Gasteiger partial charge in [0, 0.05) is 5.02 Å². The number of hydrogen-bond acceptors (Lipinski definition) is 4. The molecule has 21 heavy (non-hydrogen) atoms. The van der Waals surface area contributed by atoms with Gasteiger partial charge in [0.1, 0.15) is 11.5 Å². The fourth-order valence-corrected chi connectivity index (χ4v) is 2.07. The number of aryl methyl sites for hydroxylation is 1. The molecule has 0 amide bonds. The van der Waals surface area contributed by atoms with Crippen molar-refractivity contribution >= 4 is 11.6 Å². The van der Waals surface area contributed by atoms with E-state index in [-0.39, 0.29) is 0 Å². The Morgan fingerprint density at radius 2 is 1.90 bits per heavy atom. The molecule has 0 aliphatic rings. The molecule has 3 rings (SSSR count). The van der Waals surface area contributed by atoms with Gasteiger partial charge in [0.25, 0.3) is 0 Å². The highest BCUT2D eigenvalue weighted by Gasteiger charge is 2.05. The molecule has 0 fully saturated rings. The van der Waals surface area contributed by atoms with Crippen molar-refractivity contribution in [1.29, 1.82) is 0 Å². The summed E-state index contributed by atoms with van der Waals surface area (Å²) in [5.41, 5.74) is 1.05. The topological polar surface area (TPSA) is 48.2 Å². The average molecular weight is 301 g/mol. The first-order chi connectivity index (χ1) is 10.2. The van der Waals surface area contributed by atoms with Crippen LogP contribution in [0.4, 0.5) is 0 Å². The van der Waals surface area contributed by atoms with Crippen LogP contribution in [0.3, 0.4) is 0 Å². The molecule has 0 aliphatic heterocycles. The van der Waals surface area contributed by atoms with E-state index in [1.54, 1.807) is 19.1 Å². The highest BCUT2D eigenvalue weighted by Crippen LogP contribution is 2.24. The van der Waals surface area contributed by atoms with Crippen LogP contribution in [0, 0.1) is 6.92 Å². The van der Waals surface area contributed by atoms with Gasteiger partial charge in [0.15, 0.2) is 5.82 Å². The maximum absolute atomic E-state index is 5.85. The Morgan fingerprint density at radius 1 is 1.10 bits per heavy atom. The van der Waals surface area contributed by atoms with Gasteiger partial charge in [-0.15, -0.1) is 0 Å². The molecule has 1 heterocycles. The first kappa shape index (κ1) is 13.6. The summed E-state index contributed by atoms with van der Waals surface area (Å²) in [6, 6.07) is 15.0. The molecule has 4 nitrogen and oxygen atoms in total. The van der Waals surface area contributed by atoms with Crippen LogP contribution in [0.5, 0.6) is 11.5 Å². The predicted molar refractivity (Wildman–Crippen MR) is 79.8 cm³/mol. The van der Waals surface area contributed by atoms with Gasteiger partial charge < -0.3 is 9.26 Å². The van der Waals surface area contributed by atoms with E-state index in [0.29, 0.717) is 23.2 Å². The van der Waals surface area contributed by atoms with E-state index in [1.807, 2.05) is 36.4 Å². The molecule has 3 aromatic rings. The lowest BCUT2D eigenvalue weighted by atomic mass is 10.1. The molecule has 2 aromatic carbocycles. The fraction of sp³-hybridized carbons (Fsp3) is 0.125. The molecule has 0 atom stereocenters. The summed E-state index contributed by atoms with van der Waals surface area (Å²) < 4.78 is 10.9. The Hall–Kier alpha value is -2.33. The number of aromatic nitrogens is 2. The predicted octanol–water partition coefficient (Wildman–Crippen LogP) is 4.41. The smallest absolute Gasteiger partial charge is 0.231 e. The number of benzene rings is 2. The van der Waals surface area contributed by atoms with Crippen molar-refractivity contribution in [3.63, 3.8) is 0 Å². The minimum Gasteiger partial charge on any atom is -0.457 e. The summed E-state index contributed by atoms with van der Waals surface area (Å²) in [6.45, 7) is 1.80. The third kappa shape index (κ3) is 3.61. The average Bonchev–Trinajstić information content (AvgIpc) is 2.87. The van der Waals surface area contributed by atoms with E-state index in [2.05, 4.69) is 10.1 Å². The molecular weight excluding hydrogens is 288 g/mol. The van der Waals surface area contributed by atoms with Crippen LogP contribution in [0.15, 0.2) is 53.1 Å². The lowest BCUT2D eigenvalue weighted by Crippen LogP contribution is -1.90. The Balaban J connectivity index is 1.75. The van der Waals surface area contributed by atoms with Gasteiger partial charge in [0.05, 0.1) is 6.42 Å². The van der Waals surface area contributed by atoms with E-state index in [1.165, 1.54) is 0 Å². The largest absolute Gasteiger partial charge is 0.457 e. The number of nitrogens with zero attached hydrogens (tertiary/aromatic N) is 2. The molecule has 106 valence electrons. The van der Waals surface area contributed by atoms with Crippen LogP contribution in [0.2, 0.25) is 5.02 Å². The highest BCUT2D eigenvalue weighted by molar-refractivity contribution is 6.30. The Kier molecular flexibility index (Phi) is 3.88. The standard InChI is InChI=1S/C16H13ClN2O2/c1-11-18-16(21-19-11)10-12-3-2-4-15(9-12)20-14-7-5-13(17)6-8-14/h2-9H,10H2,1H3. The summed E-state index contributed by atoms with van der Waals surface area (Å²) in [6.07, 6.45) is 0.582. The first-order valence-electron chi connectivity index (χ1n) is 6.50. The van der Waals surface area contributed by atoms with E-state index in [4.69, 9.17) is 20.9 Å². The van der Waals surface area contributed by atoms with Crippen LogP contribution in [-0.4, -0.2) is 10.1 Å². The second kappa shape index (κ2) is 5.97. The van der Waals surface area contributed by atoms with Gasteiger partial charge in [-0.25, -0.2) is 0 Å². The van der Waals surface area contributed by atoms with Crippen molar-refractivity contribution in [1.82, 2.24) is 10.1 Å². The molecule has 0 radical (unpaired) electrons. The van der Waals surface area contributed by atoms with Crippen LogP contribution in [0.1, 0.15) is 17.3 Å². The van der Waals surface area contributed by atoms with Crippen LogP contribution in [0.25, 0.3) is 0 Å². The van der Waals surface area contributed by atoms with E-state index < -0.39 is 0 Å². The molecule has 0 spiro atoms. The summed E-state index contributed by atoms with van der Waals surface area (Å²) in [5, 5.41) is 4.46. The van der Waals surface area contributed by atoms with Crippen molar-refractivity contribution in [3.05, 3.63) is 70.8 Å². The number of hydrogen-bond donors (Lipinski definition) is 0. The third-order valence-electron chi connectivity index (χ3n) is 2.87. The molecule has 0 aliphatic carbocycles. The van der Waals surface area contributed by atoms with Gasteiger partial charge in [-0.2, -0.15) is 4.98 Å².